The van der Waals surface area contributed by atoms with Gasteiger partial charge in [-0.15, -0.1) is 6.58 Å². The van der Waals surface area contributed by atoms with Gasteiger partial charge in [-0.05, 0) is 12.1 Å². The van der Waals surface area contributed by atoms with Crippen molar-refractivity contribution in [1.82, 2.24) is 10.1 Å². The lowest BCUT2D eigenvalue weighted by Crippen LogP contribution is -2.48. The molecule has 0 aliphatic carbocycles. The monoisotopic (exact) mass is 297 g/mol. The molecule has 22 heavy (non-hydrogen) atoms. The van der Waals surface area contributed by atoms with Crippen LogP contribution in [0, 0.1) is 0 Å². The van der Waals surface area contributed by atoms with Crippen LogP contribution in [-0.4, -0.2) is 42.1 Å². The lowest BCUT2D eigenvalue weighted by molar-refractivity contribution is 0.0745. The Hall–Kier alpha value is -2.56. The first-order valence-corrected chi connectivity index (χ1v) is 7.43. The molecule has 0 saturated carbocycles. The summed E-state index contributed by atoms with van der Waals surface area (Å²) in [6, 6.07) is 10.3. The second-order valence-electron chi connectivity index (χ2n) is 5.28. The van der Waals surface area contributed by atoms with E-state index in [4.69, 9.17) is 4.52 Å². The average molecular weight is 297 g/mol. The summed E-state index contributed by atoms with van der Waals surface area (Å²) in [6.07, 6.45) is 3.70. The Bertz CT molecular complexity index is 643. The van der Waals surface area contributed by atoms with Crippen molar-refractivity contribution in [3.8, 4) is 0 Å². The highest BCUT2D eigenvalue weighted by Crippen LogP contribution is 2.18. The summed E-state index contributed by atoms with van der Waals surface area (Å²) in [7, 11) is 0. The largest absolute Gasteiger partial charge is 0.368 e. The van der Waals surface area contributed by atoms with Gasteiger partial charge in [0.15, 0.2) is 0 Å². The van der Waals surface area contributed by atoms with Crippen molar-refractivity contribution in [3.63, 3.8) is 0 Å². The molecule has 1 aliphatic rings. The Morgan fingerprint density at radius 1 is 1.23 bits per heavy atom. The van der Waals surface area contributed by atoms with Crippen molar-refractivity contribution in [2.45, 2.75) is 6.42 Å². The molecule has 0 spiro atoms. The van der Waals surface area contributed by atoms with E-state index < -0.39 is 0 Å². The number of anilines is 1. The topological polar surface area (TPSA) is 49.6 Å². The van der Waals surface area contributed by atoms with E-state index in [0.717, 1.165) is 13.1 Å². The number of carbonyl (C=O) groups is 1. The van der Waals surface area contributed by atoms with Crippen LogP contribution in [-0.2, 0) is 6.42 Å². The highest BCUT2D eigenvalue weighted by atomic mass is 16.5. The third kappa shape index (κ3) is 2.88. The summed E-state index contributed by atoms with van der Waals surface area (Å²) in [5, 5.41) is 3.88. The maximum atomic E-state index is 12.6. The van der Waals surface area contributed by atoms with Gasteiger partial charge < -0.3 is 14.3 Å². The molecular formula is C17H19N3O2. The van der Waals surface area contributed by atoms with Crippen LogP contribution in [0.1, 0.15) is 16.1 Å². The predicted molar refractivity (Wildman–Crippen MR) is 85.0 cm³/mol. The van der Waals surface area contributed by atoms with Gasteiger partial charge in [-0.25, -0.2) is 0 Å². The highest BCUT2D eigenvalue weighted by Gasteiger charge is 2.25. The SMILES string of the molecule is C=CCc1nocc1C(=O)N1CCN(c2ccccc2)CC1. The number of para-hydroxylation sites is 1. The first kappa shape index (κ1) is 14.4. The number of carbonyl (C=O) groups excluding carboxylic acids is 1. The van der Waals surface area contributed by atoms with E-state index in [0.29, 0.717) is 30.8 Å². The van der Waals surface area contributed by atoms with Crippen LogP contribution in [0.15, 0.2) is 53.8 Å². The summed E-state index contributed by atoms with van der Waals surface area (Å²) in [6.45, 7) is 6.74. The molecular weight excluding hydrogens is 278 g/mol. The number of hydrogen-bond acceptors (Lipinski definition) is 4. The average Bonchev–Trinajstić information content (AvgIpc) is 3.04. The molecule has 0 atom stereocenters. The second kappa shape index (κ2) is 6.47. The number of hydrogen-bond donors (Lipinski definition) is 0. The molecule has 114 valence electrons. The van der Waals surface area contributed by atoms with E-state index in [1.807, 2.05) is 23.1 Å². The fourth-order valence-corrected chi connectivity index (χ4v) is 2.69. The Morgan fingerprint density at radius 3 is 2.64 bits per heavy atom. The molecule has 5 heteroatoms. The summed E-state index contributed by atoms with van der Waals surface area (Å²) in [5.74, 6) is -0.00851. The number of aromatic nitrogens is 1. The molecule has 0 unspecified atom stereocenters. The van der Waals surface area contributed by atoms with Gasteiger partial charge in [-0.2, -0.15) is 0 Å². The standard InChI is InChI=1S/C17H19N3O2/c1-2-6-16-15(13-22-18-16)17(21)20-11-9-19(10-12-20)14-7-4-3-5-8-14/h2-5,7-8,13H,1,6,9-12H2. The van der Waals surface area contributed by atoms with Gasteiger partial charge in [0, 0.05) is 38.3 Å². The first-order valence-electron chi connectivity index (χ1n) is 7.43. The summed E-state index contributed by atoms with van der Waals surface area (Å²) in [4.78, 5) is 16.7. The zero-order valence-electron chi connectivity index (χ0n) is 12.4. The van der Waals surface area contributed by atoms with E-state index in [2.05, 4.69) is 28.8 Å². The molecule has 0 radical (unpaired) electrons. The molecule has 3 rings (SSSR count). The van der Waals surface area contributed by atoms with E-state index in [-0.39, 0.29) is 5.91 Å². The Labute approximate surface area is 129 Å². The molecule has 1 aliphatic heterocycles. The van der Waals surface area contributed by atoms with Crippen molar-refractivity contribution in [1.29, 1.82) is 0 Å². The summed E-state index contributed by atoms with van der Waals surface area (Å²) in [5.41, 5.74) is 2.41. The molecule has 5 nitrogen and oxygen atoms in total. The maximum Gasteiger partial charge on any atom is 0.259 e. The van der Waals surface area contributed by atoms with Crippen LogP contribution in [0.3, 0.4) is 0 Å². The number of piperazine rings is 1. The fourth-order valence-electron chi connectivity index (χ4n) is 2.69. The van der Waals surface area contributed by atoms with Crippen molar-refractivity contribution in [2.24, 2.45) is 0 Å². The Morgan fingerprint density at radius 2 is 1.95 bits per heavy atom. The highest BCUT2D eigenvalue weighted by molar-refractivity contribution is 5.95. The molecule has 2 aromatic rings. The number of nitrogens with zero attached hydrogens (tertiary/aromatic N) is 3. The van der Waals surface area contributed by atoms with Crippen molar-refractivity contribution < 1.29 is 9.32 Å². The minimum absolute atomic E-state index is 0.00851. The minimum Gasteiger partial charge on any atom is -0.368 e. The third-order valence-electron chi connectivity index (χ3n) is 3.90. The van der Waals surface area contributed by atoms with Gasteiger partial charge in [0.05, 0.1) is 0 Å². The third-order valence-corrected chi connectivity index (χ3v) is 3.90. The predicted octanol–water partition coefficient (Wildman–Crippen LogP) is 2.37. The molecule has 1 aromatic heterocycles. The molecule has 1 amide bonds. The van der Waals surface area contributed by atoms with Crippen LogP contribution in [0.5, 0.6) is 0 Å². The lowest BCUT2D eigenvalue weighted by Gasteiger charge is -2.36. The van der Waals surface area contributed by atoms with Crippen LogP contribution in [0.2, 0.25) is 0 Å². The second-order valence-corrected chi connectivity index (χ2v) is 5.28. The normalized spacial score (nSPS) is 14.9. The number of allylic oxidation sites excluding steroid dienone is 1. The van der Waals surface area contributed by atoms with Gasteiger partial charge in [-0.3, -0.25) is 4.79 Å². The molecule has 1 fully saturated rings. The maximum absolute atomic E-state index is 12.6. The quantitative estimate of drug-likeness (QED) is 0.813. The van der Waals surface area contributed by atoms with Gasteiger partial charge in [-0.1, -0.05) is 29.4 Å². The van der Waals surface area contributed by atoms with Crippen LogP contribution in [0.4, 0.5) is 5.69 Å². The van der Waals surface area contributed by atoms with E-state index in [9.17, 15) is 4.79 Å². The minimum atomic E-state index is -0.00851. The van der Waals surface area contributed by atoms with Crippen LogP contribution in [0.25, 0.3) is 0 Å². The van der Waals surface area contributed by atoms with E-state index in [1.165, 1.54) is 12.0 Å². The molecule has 1 saturated heterocycles. The summed E-state index contributed by atoms with van der Waals surface area (Å²) < 4.78 is 4.94. The van der Waals surface area contributed by atoms with E-state index in [1.54, 1.807) is 6.08 Å². The van der Waals surface area contributed by atoms with Crippen molar-refractivity contribution in [2.75, 3.05) is 31.1 Å². The number of benzene rings is 1. The number of amides is 1. The molecule has 0 bridgehead atoms. The van der Waals surface area contributed by atoms with Gasteiger partial charge >= 0.3 is 0 Å². The Kier molecular flexibility index (Phi) is 4.23. The van der Waals surface area contributed by atoms with Gasteiger partial charge in [0.25, 0.3) is 5.91 Å². The number of rotatable bonds is 4. The fraction of sp³-hybridized carbons (Fsp3) is 0.294. The summed E-state index contributed by atoms with van der Waals surface area (Å²) >= 11 is 0. The van der Waals surface area contributed by atoms with Crippen molar-refractivity contribution in [3.05, 3.63) is 60.5 Å². The van der Waals surface area contributed by atoms with E-state index >= 15 is 0 Å². The smallest absolute Gasteiger partial charge is 0.259 e. The van der Waals surface area contributed by atoms with Crippen molar-refractivity contribution >= 4 is 11.6 Å². The lowest BCUT2D eigenvalue weighted by atomic mass is 10.1. The molecule has 0 N–H and O–H groups in total. The molecule has 1 aromatic carbocycles. The van der Waals surface area contributed by atoms with Crippen LogP contribution >= 0.6 is 0 Å². The molecule has 2 heterocycles. The van der Waals surface area contributed by atoms with Gasteiger partial charge in [0.1, 0.15) is 17.5 Å². The first-order chi connectivity index (χ1) is 10.8. The van der Waals surface area contributed by atoms with Crippen LogP contribution < -0.4 is 4.90 Å². The van der Waals surface area contributed by atoms with Gasteiger partial charge in [0.2, 0.25) is 0 Å². The Balaban J connectivity index is 1.65. The zero-order chi connectivity index (χ0) is 15.4. The zero-order valence-corrected chi connectivity index (χ0v) is 12.4.